The second-order valence-electron chi connectivity index (χ2n) is 5.25. The van der Waals surface area contributed by atoms with Gasteiger partial charge in [0.2, 0.25) is 0 Å². The van der Waals surface area contributed by atoms with Gasteiger partial charge in [-0.05, 0) is 13.8 Å². The quantitative estimate of drug-likeness (QED) is 0.819. The number of carboxylic acid groups (broad SMARTS) is 1. The molecule has 8 nitrogen and oxygen atoms in total. The molecule has 2 rings (SSSR count). The molecule has 2 heterocycles. The Bertz CT molecular complexity index is 681. The van der Waals surface area contributed by atoms with E-state index in [-0.39, 0.29) is 5.69 Å². The van der Waals surface area contributed by atoms with Gasteiger partial charge in [0.05, 0.1) is 24.7 Å². The molecule has 0 atom stereocenters. The molecular weight excluding hydrogens is 298 g/mol. The average molecular weight is 319 g/mol. The molecule has 0 saturated heterocycles. The van der Waals surface area contributed by atoms with Crippen molar-refractivity contribution >= 4 is 11.8 Å². The molecule has 0 aliphatic rings. The monoisotopic (exact) mass is 319 g/mol. The molecule has 23 heavy (non-hydrogen) atoms. The number of carbonyl (C=O) groups is 1. The molecule has 0 fully saturated rings. The van der Waals surface area contributed by atoms with Gasteiger partial charge in [-0.25, -0.2) is 14.8 Å². The first kappa shape index (κ1) is 16.9. The van der Waals surface area contributed by atoms with Crippen LogP contribution in [0.5, 0.6) is 0 Å². The molecule has 2 aromatic heterocycles. The van der Waals surface area contributed by atoms with E-state index in [1.165, 1.54) is 12.4 Å². The van der Waals surface area contributed by atoms with Crippen LogP contribution in [0.1, 0.15) is 27.4 Å². The Labute approximate surface area is 134 Å². The zero-order valence-electron chi connectivity index (χ0n) is 13.8. The van der Waals surface area contributed by atoms with Gasteiger partial charge < -0.3 is 14.7 Å². The van der Waals surface area contributed by atoms with E-state index in [9.17, 15) is 4.79 Å². The van der Waals surface area contributed by atoms with Crippen LogP contribution in [-0.2, 0) is 18.3 Å². The van der Waals surface area contributed by atoms with Gasteiger partial charge in [-0.3, -0.25) is 4.68 Å². The number of rotatable bonds is 7. The summed E-state index contributed by atoms with van der Waals surface area (Å²) in [6.07, 6.45) is 2.74. The zero-order chi connectivity index (χ0) is 17.0. The summed E-state index contributed by atoms with van der Waals surface area (Å²) in [5.41, 5.74) is 3.09. The van der Waals surface area contributed by atoms with Crippen LogP contribution in [0.15, 0.2) is 12.4 Å². The summed E-state index contributed by atoms with van der Waals surface area (Å²) in [7, 11) is 3.55. The molecule has 0 spiro atoms. The number of hydrogen-bond acceptors (Lipinski definition) is 6. The molecule has 8 heteroatoms. The predicted octanol–water partition coefficient (Wildman–Crippen LogP) is 1.18. The highest BCUT2D eigenvalue weighted by molar-refractivity contribution is 5.84. The highest BCUT2D eigenvalue weighted by atomic mass is 16.5. The second-order valence-corrected chi connectivity index (χ2v) is 5.25. The lowest BCUT2D eigenvalue weighted by molar-refractivity contribution is 0.0690. The third-order valence-corrected chi connectivity index (χ3v) is 3.75. The van der Waals surface area contributed by atoms with Crippen molar-refractivity contribution in [3.05, 3.63) is 35.0 Å². The van der Waals surface area contributed by atoms with Crippen molar-refractivity contribution in [3.8, 4) is 0 Å². The van der Waals surface area contributed by atoms with E-state index in [2.05, 4.69) is 15.1 Å². The minimum Gasteiger partial charge on any atom is -0.476 e. The molecule has 0 bridgehead atoms. The number of aromatic carboxylic acids is 1. The molecular formula is C15H21N5O3. The van der Waals surface area contributed by atoms with E-state index in [0.29, 0.717) is 25.5 Å². The van der Waals surface area contributed by atoms with Gasteiger partial charge in [-0.1, -0.05) is 0 Å². The second kappa shape index (κ2) is 7.19. The largest absolute Gasteiger partial charge is 0.476 e. The molecule has 0 aliphatic heterocycles. The van der Waals surface area contributed by atoms with Gasteiger partial charge in [0.1, 0.15) is 5.82 Å². The molecule has 0 saturated carbocycles. The Kier molecular flexibility index (Phi) is 5.28. The van der Waals surface area contributed by atoms with E-state index in [1.54, 1.807) is 7.11 Å². The Morgan fingerprint density at radius 2 is 2.09 bits per heavy atom. The first-order valence-electron chi connectivity index (χ1n) is 7.22. The van der Waals surface area contributed by atoms with Gasteiger partial charge in [0.25, 0.3) is 0 Å². The lowest BCUT2D eigenvalue weighted by atomic mass is 10.2. The van der Waals surface area contributed by atoms with E-state index < -0.39 is 5.97 Å². The number of ether oxygens (including phenoxy) is 1. The topological polar surface area (TPSA) is 93.4 Å². The van der Waals surface area contributed by atoms with Gasteiger partial charge in [-0.2, -0.15) is 5.10 Å². The normalized spacial score (nSPS) is 10.8. The Balaban J connectivity index is 2.27. The Morgan fingerprint density at radius 1 is 1.35 bits per heavy atom. The van der Waals surface area contributed by atoms with Crippen LogP contribution in [0, 0.1) is 13.8 Å². The maximum absolute atomic E-state index is 10.9. The summed E-state index contributed by atoms with van der Waals surface area (Å²) in [6, 6.07) is 0. The molecule has 0 amide bonds. The van der Waals surface area contributed by atoms with Crippen LogP contribution in [0.25, 0.3) is 0 Å². The summed E-state index contributed by atoms with van der Waals surface area (Å²) >= 11 is 0. The van der Waals surface area contributed by atoms with Crippen LogP contribution in [-0.4, -0.2) is 51.1 Å². The van der Waals surface area contributed by atoms with Crippen molar-refractivity contribution in [1.29, 1.82) is 0 Å². The third-order valence-electron chi connectivity index (χ3n) is 3.75. The molecule has 124 valence electrons. The molecule has 0 aromatic carbocycles. The number of hydrogen-bond donors (Lipinski definition) is 1. The van der Waals surface area contributed by atoms with Crippen molar-refractivity contribution in [2.75, 3.05) is 25.2 Å². The van der Waals surface area contributed by atoms with Crippen molar-refractivity contribution in [3.63, 3.8) is 0 Å². The fraction of sp³-hybridized carbons (Fsp3) is 0.467. The minimum atomic E-state index is -1.09. The summed E-state index contributed by atoms with van der Waals surface area (Å²) in [5.74, 6) is -0.485. The van der Waals surface area contributed by atoms with E-state index >= 15 is 0 Å². The summed E-state index contributed by atoms with van der Waals surface area (Å²) in [4.78, 5) is 21.0. The number of aryl methyl sites for hydroxylation is 2. The summed E-state index contributed by atoms with van der Waals surface area (Å²) in [6.45, 7) is 5.74. The number of anilines is 1. The van der Waals surface area contributed by atoms with E-state index in [0.717, 1.165) is 17.0 Å². The molecule has 1 N–H and O–H groups in total. The highest BCUT2D eigenvalue weighted by Gasteiger charge is 2.16. The number of methoxy groups -OCH3 is 1. The lowest BCUT2D eigenvalue weighted by Crippen LogP contribution is -2.28. The fourth-order valence-corrected chi connectivity index (χ4v) is 2.31. The lowest BCUT2D eigenvalue weighted by Gasteiger charge is -2.23. The van der Waals surface area contributed by atoms with Crippen molar-refractivity contribution in [2.45, 2.75) is 20.4 Å². The minimum absolute atomic E-state index is 0.0748. The Morgan fingerprint density at radius 3 is 2.57 bits per heavy atom. The number of nitrogens with zero attached hydrogens (tertiary/aromatic N) is 5. The van der Waals surface area contributed by atoms with Crippen LogP contribution >= 0.6 is 0 Å². The average Bonchev–Trinajstić information content (AvgIpc) is 2.77. The molecule has 0 radical (unpaired) electrons. The van der Waals surface area contributed by atoms with Gasteiger partial charge in [-0.15, -0.1) is 0 Å². The van der Waals surface area contributed by atoms with Crippen molar-refractivity contribution in [2.24, 2.45) is 7.05 Å². The van der Waals surface area contributed by atoms with Crippen LogP contribution in [0.4, 0.5) is 5.82 Å². The standard InChI is InChI=1S/C15H21N5O3/c1-10-12(11(2)19(3)18-10)9-20(5-6-23-4)14-8-16-13(7-17-14)15(21)22/h7-8H,5-6,9H2,1-4H3,(H,21,22). The maximum atomic E-state index is 10.9. The highest BCUT2D eigenvalue weighted by Crippen LogP contribution is 2.18. The predicted molar refractivity (Wildman–Crippen MR) is 84.6 cm³/mol. The molecule has 0 aliphatic carbocycles. The van der Waals surface area contributed by atoms with E-state index in [4.69, 9.17) is 9.84 Å². The smallest absolute Gasteiger partial charge is 0.356 e. The van der Waals surface area contributed by atoms with Gasteiger partial charge >= 0.3 is 5.97 Å². The SMILES string of the molecule is COCCN(Cc1c(C)nn(C)c1C)c1cnc(C(=O)O)cn1. The first-order chi connectivity index (χ1) is 10.9. The third kappa shape index (κ3) is 3.84. The van der Waals surface area contributed by atoms with E-state index in [1.807, 2.05) is 30.5 Å². The van der Waals surface area contributed by atoms with Crippen LogP contribution < -0.4 is 4.90 Å². The number of aromatic nitrogens is 4. The van der Waals surface area contributed by atoms with Gasteiger partial charge in [0.15, 0.2) is 5.69 Å². The molecule has 0 unspecified atom stereocenters. The fourth-order valence-electron chi connectivity index (χ4n) is 2.31. The van der Waals surface area contributed by atoms with Crippen molar-refractivity contribution in [1.82, 2.24) is 19.7 Å². The summed E-state index contributed by atoms with van der Waals surface area (Å²) < 4.78 is 7.00. The van der Waals surface area contributed by atoms with Crippen LogP contribution in [0.2, 0.25) is 0 Å². The first-order valence-corrected chi connectivity index (χ1v) is 7.22. The van der Waals surface area contributed by atoms with Crippen molar-refractivity contribution < 1.29 is 14.6 Å². The number of carboxylic acids is 1. The summed E-state index contributed by atoms with van der Waals surface area (Å²) in [5, 5.41) is 13.3. The Hall–Kier alpha value is -2.48. The zero-order valence-corrected chi connectivity index (χ0v) is 13.8. The van der Waals surface area contributed by atoms with Gasteiger partial charge in [0, 0.05) is 38.5 Å². The molecule has 2 aromatic rings. The maximum Gasteiger partial charge on any atom is 0.356 e. The van der Waals surface area contributed by atoms with Crippen LogP contribution in [0.3, 0.4) is 0 Å².